The van der Waals surface area contributed by atoms with Crippen molar-refractivity contribution >= 4 is 23.5 Å². The van der Waals surface area contributed by atoms with Crippen LogP contribution in [0.4, 0.5) is 5.88 Å². The summed E-state index contributed by atoms with van der Waals surface area (Å²) >= 11 is 1.48. The van der Waals surface area contributed by atoms with E-state index in [2.05, 4.69) is 10.3 Å². The van der Waals surface area contributed by atoms with Crippen molar-refractivity contribution in [2.45, 2.75) is 12.8 Å². The highest BCUT2D eigenvalue weighted by Gasteiger charge is 2.06. The summed E-state index contributed by atoms with van der Waals surface area (Å²) in [6.45, 7) is 0. The standard InChI is InChI=1S/C11H14N4O2S/c1-15-6-11(17-14-15)13-10(16)7-18-9-4-2-8(12)3-5-9/h2,4,6H,3,5,7,12H2,1H3. The first kappa shape index (κ1) is 12.7. The number of hydrogen-bond donors (Lipinski definition) is 1. The van der Waals surface area contributed by atoms with E-state index in [1.54, 1.807) is 13.2 Å². The van der Waals surface area contributed by atoms with Gasteiger partial charge in [0.15, 0.2) is 12.3 Å². The summed E-state index contributed by atoms with van der Waals surface area (Å²) in [6.07, 6.45) is 7.11. The Kier molecular flexibility index (Phi) is 4.03. The molecule has 1 aliphatic carbocycles. The number of aliphatic imine (C=N–C) groups is 1. The highest BCUT2D eigenvalue weighted by atomic mass is 32.2. The van der Waals surface area contributed by atoms with Gasteiger partial charge in [0.05, 0.1) is 0 Å². The highest BCUT2D eigenvalue weighted by Crippen LogP contribution is 2.25. The van der Waals surface area contributed by atoms with Crippen molar-refractivity contribution in [3.05, 3.63) is 29.0 Å². The van der Waals surface area contributed by atoms with Gasteiger partial charge in [0.2, 0.25) is 0 Å². The van der Waals surface area contributed by atoms with Crippen LogP contribution in [-0.2, 0) is 7.05 Å². The minimum atomic E-state index is -0.236. The summed E-state index contributed by atoms with van der Waals surface area (Å²) < 4.78 is 6.27. The molecular weight excluding hydrogens is 252 g/mol. The molecule has 1 heterocycles. The molecule has 6 nitrogen and oxygen atoms in total. The normalized spacial score (nSPS) is 16.4. The van der Waals surface area contributed by atoms with E-state index < -0.39 is 0 Å². The number of thioether (sulfide) groups is 1. The van der Waals surface area contributed by atoms with E-state index >= 15 is 0 Å². The SMILES string of the molecule is C[n+]1cc(/N=C(/[O-])CSC2=CC=C(N)CC2)on1. The van der Waals surface area contributed by atoms with Gasteiger partial charge in [-0.1, -0.05) is 10.8 Å². The summed E-state index contributed by atoms with van der Waals surface area (Å²) in [6, 6.07) is 0. The molecule has 0 spiro atoms. The van der Waals surface area contributed by atoms with Gasteiger partial charge in [0.1, 0.15) is 0 Å². The van der Waals surface area contributed by atoms with Crippen molar-refractivity contribution < 1.29 is 14.3 Å². The van der Waals surface area contributed by atoms with Crippen LogP contribution in [0, 0.1) is 0 Å². The summed E-state index contributed by atoms with van der Waals surface area (Å²) in [5.41, 5.74) is 6.54. The molecule has 0 unspecified atom stereocenters. The number of nitrogens with two attached hydrogens (primary N) is 1. The van der Waals surface area contributed by atoms with Crippen LogP contribution in [0.2, 0.25) is 0 Å². The van der Waals surface area contributed by atoms with E-state index in [4.69, 9.17) is 10.3 Å². The number of allylic oxidation sites excluding steroid dienone is 4. The van der Waals surface area contributed by atoms with E-state index in [0.29, 0.717) is 5.75 Å². The third-order valence-electron chi connectivity index (χ3n) is 2.32. The Balaban J connectivity index is 1.88. The fourth-order valence-electron chi connectivity index (χ4n) is 1.43. The van der Waals surface area contributed by atoms with Crippen molar-refractivity contribution in [3.8, 4) is 0 Å². The quantitative estimate of drug-likeness (QED) is 0.475. The van der Waals surface area contributed by atoms with Crippen LogP contribution in [0.25, 0.3) is 0 Å². The monoisotopic (exact) mass is 266 g/mol. The third kappa shape index (κ3) is 3.63. The predicted molar refractivity (Wildman–Crippen MR) is 66.8 cm³/mol. The Bertz CT molecular complexity index is 519. The molecule has 96 valence electrons. The molecule has 0 atom stereocenters. The van der Waals surface area contributed by atoms with E-state index in [9.17, 15) is 5.11 Å². The average Bonchev–Trinajstić information content (AvgIpc) is 2.74. The molecule has 0 aliphatic heterocycles. The van der Waals surface area contributed by atoms with Crippen LogP contribution in [0.15, 0.2) is 38.5 Å². The Morgan fingerprint density at radius 3 is 3.06 bits per heavy atom. The molecule has 0 amide bonds. The molecule has 0 saturated heterocycles. The molecule has 0 fully saturated rings. The largest absolute Gasteiger partial charge is 0.861 e. The molecular formula is C11H14N4O2S. The van der Waals surface area contributed by atoms with E-state index in [1.165, 1.54) is 16.4 Å². The first-order valence-electron chi connectivity index (χ1n) is 5.48. The van der Waals surface area contributed by atoms with Crippen LogP contribution < -0.4 is 15.5 Å². The minimum Gasteiger partial charge on any atom is -0.861 e. The topological polar surface area (TPSA) is 91.3 Å². The number of aromatic nitrogens is 2. The van der Waals surface area contributed by atoms with Crippen LogP contribution in [0.1, 0.15) is 12.8 Å². The van der Waals surface area contributed by atoms with E-state index in [-0.39, 0.29) is 11.8 Å². The van der Waals surface area contributed by atoms with Crippen molar-refractivity contribution in [3.63, 3.8) is 0 Å². The van der Waals surface area contributed by atoms with Crippen LogP contribution in [-0.4, -0.2) is 16.9 Å². The summed E-state index contributed by atoms with van der Waals surface area (Å²) in [4.78, 5) is 4.95. The van der Waals surface area contributed by atoms with Gasteiger partial charge in [-0.2, -0.15) is 0 Å². The van der Waals surface area contributed by atoms with Gasteiger partial charge in [-0.15, -0.1) is 11.8 Å². The third-order valence-corrected chi connectivity index (χ3v) is 3.42. The summed E-state index contributed by atoms with van der Waals surface area (Å²) in [5.74, 6) is 0.286. The Hall–Kier alpha value is -1.76. The maximum Gasteiger partial charge on any atom is 0.320 e. The smallest absolute Gasteiger partial charge is 0.320 e. The molecule has 7 heteroatoms. The maximum absolute atomic E-state index is 11.6. The Morgan fingerprint density at radius 2 is 2.44 bits per heavy atom. The van der Waals surface area contributed by atoms with Gasteiger partial charge in [0, 0.05) is 11.4 Å². The summed E-state index contributed by atoms with van der Waals surface area (Å²) in [7, 11) is 1.70. The van der Waals surface area contributed by atoms with Gasteiger partial charge in [-0.3, -0.25) is 4.52 Å². The molecule has 1 aromatic heterocycles. The fraction of sp³-hybridized carbons (Fsp3) is 0.364. The zero-order valence-corrected chi connectivity index (χ0v) is 10.8. The lowest BCUT2D eigenvalue weighted by molar-refractivity contribution is -0.739. The number of aryl methyl sites for hydroxylation is 1. The first-order valence-corrected chi connectivity index (χ1v) is 6.47. The molecule has 0 bridgehead atoms. The highest BCUT2D eigenvalue weighted by molar-refractivity contribution is 8.03. The van der Waals surface area contributed by atoms with Crippen LogP contribution >= 0.6 is 11.8 Å². The van der Waals surface area contributed by atoms with Gasteiger partial charge in [-0.05, 0) is 29.7 Å². The number of hydrogen-bond acceptors (Lipinski definition) is 6. The summed E-state index contributed by atoms with van der Waals surface area (Å²) in [5, 5.41) is 15.2. The zero-order valence-electron chi connectivity index (χ0n) is 10.00. The number of nitrogens with zero attached hydrogens (tertiary/aromatic N) is 3. The van der Waals surface area contributed by atoms with Crippen molar-refractivity contribution in [2.75, 3.05) is 5.75 Å². The second-order valence-corrected chi connectivity index (χ2v) is 4.98. The molecule has 0 aromatic carbocycles. The predicted octanol–water partition coefficient (Wildman–Crippen LogP) is 0.143. The van der Waals surface area contributed by atoms with Gasteiger partial charge >= 0.3 is 5.88 Å². The average molecular weight is 266 g/mol. The first-order chi connectivity index (χ1) is 8.63. The van der Waals surface area contributed by atoms with Crippen molar-refractivity contribution in [1.29, 1.82) is 0 Å². The molecule has 1 aromatic rings. The maximum atomic E-state index is 11.6. The molecule has 2 N–H and O–H groups in total. The second kappa shape index (κ2) is 5.72. The zero-order chi connectivity index (χ0) is 13.0. The Morgan fingerprint density at radius 1 is 1.61 bits per heavy atom. The lowest BCUT2D eigenvalue weighted by atomic mass is 10.1. The van der Waals surface area contributed by atoms with Crippen molar-refractivity contribution in [1.82, 2.24) is 5.27 Å². The molecule has 0 saturated carbocycles. The molecule has 18 heavy (non-hydrogen) atoms. The molecule has 0 radical (unpaired) electrons. The van der Waals surface area contributed by atoms with Gasteiger partial charge in [0.25, 0.3) is 6.20 Å². The van der Waals surface area contributed by atoms with E-state index in [0.717, 1.165) is 23.4 Å². The minimum absolute atomic E-state index is 0.227. The fourth-order valence-corrected chi connectivity index (χ4v) is 2.21. The van der Waals surface area contributed by atoms with Gasteiger partial charge < -0.3 is 10.8 Å². The molecule has 1 aliphatic rings. The molecule has 2 rings (SSSR count). The van der Waals surface area contributed by atoms with Crippen molar-refractivity contribution in [2.24, 2.45) is 17.8 Å². The lowest BCUT2D eigenvalue weighted by Crippen LogP contribution is -2.27. The van der Waals surface area contributed by atoms with Crippen LogP contribution in [0.3, 0.4) is 0 Å². The second-order valence-electron chi connectivity index (χ2n) is 3.88. The van der Waals surface area contributed by atoms with Crippen LogP contribution in [0.5, 0.6) is 0 Å². The number of rotatable bonds is 4. The van der Waals surface area contributed by atoms with E-state index in [1.807, 2.05) is 12.2 Å². The van der Waals surface area contributed by atoms with Gasteiger partial charge in [-0.25, -0.2) is 4.99 Å². The lowest BCUT2D eigenvalue weighted by Gasteiger charge is -2.13. The Labute approximate surface area is 109 Å².